The van der Waals surface area contributed by atoms with Crippen LogP contribution in [0.5, 0.6) is 5.75 Å². The molecule has 0 aliphatic heterocycles. The third-order valence-electron chi connectivity index (χ3n) is 2.67. The zero-order valence-electron chi connectivity index (χ0n) is 13.9. The maximum absolute atomic E-state index is 11.8. The van der Waals surface area contributed by atoms with E-state index in [0.29, 0.717) is 0 Å². The van der Waals surface area contributed by atoms with Crippen molar-refractivity contribution in [3.05, 3.63) is 46.5 Å². The molecule has 0 fully saturated rings. The second-order valence-electron chi connectivity index (χ2n) is 5.89. The molecule has 0 bridgehead atoms. The molecule has 0 N–H and O–H groups in total. The number of hydrogen-bond donors (Lipinski definition) is 0. The fourth-order valence-corrected chi connectivity index (χ4v) is 1.48. The molecule has 0 aliphatic rings. The van der Waals surface area contributed by atoms with Crippen molar-refractivity contribution in [2.75, 3.05) is 0 Å². The van der Waals surface area contributed by atoms with Crippen LogP contribution in [0.25, 0.3) is 0 Å². The van der Waals surface area contributed by atoms with Crippen molar-refractivity contribution >= 4 is 17.8 Å². The molecule has 0 heterocycles. The van der Waals surface area contributed by atoms with Gasteiger partial charge in [-0.05, 0) is 39.8 Å². The number of rotatable bonds is 5. The van der Waals surface area contributed by atoms with Crippen LogP contribution < -0.4 is 4.74 Å². The highest BCUT2D eigenvalue weighted by molar-refractivity contribution is 5.89. The molecular formula is C16H19NO7. The number of carbonyl (C=O) groups excluding carboxylic acids is 2. The Hall–Kier alpha value is -2.90. The molecule has 1 atom stereocenters. The molecule has 0 saturated carbocycles. The molecular weight excluding hydrogens is 318 g/mol. The van der Waals surface area contributed by atoms with Crippen LogP contribution >= 0.6 is 0 Å². The first kappa shape index (κ1) is 19.1. The Morgan fingerprint density at radius 2 is 1.75 bits per heavy atom. The van der Waals surface area contributed by atoms with E-state index in [2.05, 4.69) is 6.58 Å². The first-order valence-electron chi connectivity index (χ1n) is 7.04. The Morgan fingerprint density at radius 3 is 2.21 bits per heavy atom. The minimum absolute atomic E-state index is 0.0365. The predicted molar refractivity (Wildman–Crippen MR) is 84.7 cm³/mol. The van der Waals surface area contributed by atoms with Crippen LogP contribution in [0.3, 0.4) is 0 Å². The Labute approximate surface area is 139 Å². The molecule has 1 unspecified atom stereocenters. The Bertz CT molecular complexity index is 643. The van der Waals surface area contributed by atoms with E-state index in [4.69, 9.17) is 14.2 Å². The SMILES string of the molecule is C=C(C(=O)OC(C)(C)C)C(C)OC(=O)Oc1ccc([N+](=O)[O-])cc1. The van der Waals surface area contributed by atoms with Crippen molar-refractivity contribution in [2.24, 2.45) is 0 Å². The summed E-state index contributed by atoms with van der Waals surface area (Å²) in [4.78, 5) is 33.5. The molecule has 0 radical (unpaired) electrons. The molecule has 0 aliphatic carbocycles. The lowest BCUT2D eigenvalue weighted by molar-refractivity contribution is -0.384. The summed E-state index contributed by atoms with van der Waals surface area (Å²) in [6.45, 7) is 10.1. The van der Waals surface area contributed by atoms with E-state index in [-0.39, 0.29) is 17.0 Å². The first-order valence-corrected chi connectivity index (χ1v) is 7.04. The van der Waals surface area contributed by atoms with Gasteiger partial charge in [0.2, 0.25) is 0 Å². The highest BCUT2D eigenvalue weighted by Crippen LogP contribution is 2.19. The van der Waals surface area contributed by atoms with Crippen molar-refractivity contribution < 1.29 is 28.7 Å². The second kappa shape index (κ2) is 7.58. The smallest absolute Gasteiger partial charge is 0.457 e. The third kappa shape index (κ3) is 6.07. The summed E-state index contributed by atoms with van der Waals surface area (Å²) in [7, 11) is 0. The van der Waals surface area contributed by atoms with Crippen molar-refractivity contribution in [1.82, 2.24) is 0 Å². The van der Waals surface area contributed by atoms with Crippen LogP contribution in [-0.2, 0) is 14.3 Å². The largest absolute Gasteiger partial charge is 0.514 e. The highest BCUT2D eigenvalue weighted by Gasteiger charge is 2.25. The fourth-order valence-electron chi connectivity index (χ4n) is 1.48. The third-order valence-corrected chi connectivity index (χ3v) is 2.67. The predicted octanol–water partition coefficient (Wildman–Crippen LogP) is 3.40. The number of ether oxygens (including phenoxy) is 3. The van der Waals surface area contributed by atoms with Crippen LogP contribution in [-0.4, -0.2) is 28.8 Å². The molecule has 130 valence electrons. The number of non-ortho nitro benzene ring substituents is 1. The molecule has 24 heavy (non-hydrogen) atoms. The topological polar surface area (TPSA) is 105 Å². The van der Waals surface area contributed by atoms with E-state index in [0.717, 1.165) is 0 Å². The maximum Gasteiger partial charge on any atom is 0.514 e. The van der Waals surface area contributed by atoms with Gasteiger partial charge in [-0.3, -0.25) is 10.1 Å². The molecule has 1 aromatic carbocycles. The van der Waals surface area contributed by atoms with E-state index in [1.54, 1.807) is 20.8 Å². The van der Waals surface area contributed by atoms with Gasteiger partial charge in [0.15, 0.2) is 0 Å². The van der Waals surface area contributed by atoms with E-state index < -0.39 is 28.8 Å². The summed E-state index contributed by atoms with van der Waals surface area (Å²) < 4.78 is 14.9. The summed E-state index contributed by atoms with van der Waals surface area (Å²) >= 11 is 0. The fraction of sp³-hybridized carbons (Fsp3) is 0.375. The number of carbonyl (C=O) groups is 2. The van der Waals surface area contributed by atoms with Gasteiger partial charge in [0, 0.05) is 12.1 Å². The van der Waals surface area contributed by atoms with Crippen LogP contribution in [0.1, 0.15) is 27.7 Å². The quantitative estimate of drug-likeness (QED) is 0.266. The Morgan fingerprint density at radius 1 is 1.21 bits per heavy atom. The summed E-state index contributed by atoms with van der Waals surface area (Å²) in [5.74, 6) is -0.612. The molecule has 0 amide bonds. The summed E-state index contributed by atoms with van der Waals surface area (Å²) in [6.07, 6.45) is -2.02. The number of esters is 1. The Kier molecular flexibility index (Phi) is 6.05. The van der Waals surface area contributed by atoms with Gasteiger partial charge in [-0.15, -0.1) is 0 Å². The second-order valence-corrected chi connectivity index (χ2v) is 5.89. The van der Waals surface area contributed by atoms with Crippen LogP contribution in [0.2, 0.25) is 0 Å². The summed E-state index contributed by atoms with van der Waals surface area (Å²) in [5, 5.41) is 10.5. The van der Waals surface area contributed by atoms with Crippen LogP contribution in [0.4, 0.5) is 10.5 Å². The minimum atomic E-state index is -1.07. The molecule has 8 nitrogen and oxygen atoms in total. The van der Waals surface area contributed by atoms with Gasteiger partial charge in [-0.25, -0.2) is 9.59 Å². The summed E-state index contributed by atoms with van der Waals surface area (Å²) in [6, 6.07) is 4.89. The van der Waals surface area contributed by atoms with Gasteiger partial charge in [-0.1, -0.05) is 6.58 Å². The van der Waals surface area contributed by atoms with Crippen molar-refractivity contribution in [2.45, 2.75) is 39.4 Å². The van der Waals surface area contributed by atoms with E-state index in [9.17, 15) is 19.7 Å². The first-order chi connectivity index (χ1) is 11.0. The molecule has 1 aromatic rings. The van der Waals surface area contributed by atoms with E-state index >= 15 is 0 Å². The van der Waals surface area contributed by atoms with Gasteiger partial charge < -0.3 is 14.2 Å². The zero-order chi connectivity index (χ0) is 18.5. The molecule has 8 heteroatoms. The normalized spacial score (nSPS) is 12.0. The molecule has 1 rings (SSSR count). The Balaban J connectivity index is 2.59. The average Bonchev–Trinajstić information content (AvgIpc) is 2.44. The van der Waals surface area contributed by atoms with Gasteiger partial charge >= 0.3 is 12.1 Å². The van der Waals surface area contributed by atoms with Crippen molar-refractivity contribution in [3.8, 4) is 5.75 Å². The highest BCUT2D eigenvalue weighted by atomic mass is 16.7. The monoisotopic (exact) mass is 337 g/mol. The van der Waals surface area contributed by atoms with Crippen LogP contribution in [0, 0.1) is 10.1 Å². The van der Waals surface area contributed by atoms with Crippen molar-refractivity contribution in [3.63, 3.8) is 0 Å². The van der Waals surface area contributed by atoms with Gasteiger partial charge in [0.05, 0.1) is 10.5 Å². The number of nitro benzene ring substituents is 1. The lowest BCUT2D eigenvalue weighted by atomic mass is 10.1. The molecule has 0 aromatic heterocycles. The standard InChI is InChI=1S/C16H19NO7/c1-10(14(18)24-16(3,4)5)11(2)22-15(19)23-13-8-6-12(7-9-13)17(20)21/h6-9,11H,1H2,2-5H3. The van der Waals surface area contributed by atoms with E-state index in [1.165, 1.54) is 31.2 Å². The lowest BCUT2D eigenvalue weighted by Gasteiger charge is -2.22. The maximum atomic E-state index is 11.8. The number of nitrogens with zero attached hydrogens (tertiary/aromatic N) is 1. The van der Waals surface area contributed by atoms with Crippen LogP contribution in [0.15, 0.2) is 36.4 Å². The lowest BCUT2D eigenvalue weighted by Crippen LogP contribution is -2.29. The zero-order valence-corrected chi connectivity index (χ0v) is 13.9. The average molecular weight is 337 g/mol. The van der Waals surface area contributed by atoms with Crippen molar-refractivity contribution in [1.29, 1.82) is 0 Å². The van der Waals surface area contributed by atoms with E-state index in [1.807, 2.05) is 0 Å². The number of hydrogen-bond acceptors (Lipinski definition) is 7. The number of benzene rings is 1. The summed E-state index contributed by atoms with van der Waals surface area (Å²) in [5.41, 5.74) is -0.869. The molecule has 0 saturated heterocycles. The number of nitro groups is 1. The molecule has 0 spiro atoms. The van der Waals surface area contributed by atoms with Gasteiger partial charge in [0.1, 0.15) is 17.5 Å². The van der Waals surface area contributed by atoms with Gasteiger partial charge in [0.25, 0.3) is 5.69 Å². The van der Waals surface area contributed by atoms with Gasteiger partial charge in [-0.2, -0.15) is 0 Å². The minimum Gasteiger partial charge on any atom is -0.457 e.